The van der Waals surface area contributed by atoms with Crippen molar-refractivity contribution in [3.8, 4) is 0 Å². The number of esters is 2. The van der Waals surface area contributed by atoms with Gasteiger partial charge >= 0.3 is 11.9 Å². The second-order valence-corrected chi connectivity index (χ2v) is 5.08. The normalized spacial score (nSPS) is 10.4. The van der Waals surface area contributed by atoms with Crippen LogP contribution >= 0.6 is 0 Å². The monoisotopic (exact) mass is 306 g/mol. The summed E-state index contributed by atoms with van der Waals surface area (Å²) in [7, 11) is 0. The summed E-state index contributed by atoms with van der Waals surface area (Å²) in [6.07, 6.45) is 3.38. The molecule has 0 bridgehead atoms. The Bertz CT molecular complexity index is 520. The third-order valence-electron chi connectivity index (χ3n) is 3.55. The summed E-state index contributed by atoms with van der Waals surface area (Å²) in [6, 6.07) is 3.55. The van der Waals surface area contributed by atoms with Crippen LogP contribution in [0.3, 0.4) is 0 Å². The second-order valence-electron chi connectivity index (χ2n) is 5.08. The maximum atomic E-state index is 12.3. The molecule has 1 aromatic rings. The van der Waals surface area contributed by atoms with Crippen LogP contribution in [0.4, 0.5) is 0 Å². The Morgan fingerprint density at radius 3 is 1.77 bits per heavy atom. The highest BCUT2D eigenvalue weighted by Crippen LogP contribution is 2.21. The molecule has 0 saturated carbocycles. The molecule has 0 unspecified atom stereocenters. The lowest BCUT2D eigenvalue weighted by molar-refractivity contribution is 0.0463. The van der Waals surface area contributed by atoms with Crippen molar-refractivity contribution >= 4 is 11.9 Å². The fourth-order valence-corrected chi connectivity index (χ4v) is 2.28. The van der Waals surface area contributed by atoms with Crippen molar-refractivity contribution in [3.63, 3.8) is 0 Å². The Kier molecular flexibility index (Phi) is 7.64. The predicted molar refractivity (Wildman–Crippen MR) is 86.3 cm³/mol. The highest BCUT2D eigenvalue weighted by Gasteiger charge is 2.21. The van der Waals surface area contributed by atoms with E-state index in [4.69, 9.17) is 9.47 Å². The summed E-state index contributed by atoms with van der Waals surface area (Å²) in [5.74, 6) is -0.920. The lowest BCUT2D eigenvalue weighted by Gasteiger charge is -2.14. The number of carbonyl (C=O) groups excluding carboxylic acids is 2. The number of hydrogen-bond acceptors (Lipinski definition) is 4. The first-order valence-electron chi connectivity index (χ1n) is 8.08. The van der Waals surface area contributed by atoms with E-state index in [0.717, 1.165) is 36.8 Å². The second kappa shape index (κ2) is 9.23. The van der Waals surface area contributed by atoms with Gasteiger partial charge in [0.25, 0.3) is 0 Å². The highest BCUT2D eigenvalue weighted by atomic mass is 16.5. The van der Waals surface area contributed by atoms with Crippen molar-refractivity contribution in [3.05, 3.63) is 34.4 Å². The van der Waals surface area contributed by atoms with Crippen LogP contribution in [0.2, 0.25) is 0 Å². The van der Waals surface area contributed by atoms with E-state index in [0.29, 0.717) is 17.7 Å². The van der Waals surface area contributed by atoms with E-state index in [1.807, 2.05) is 20.8 Å². The minimum absolute atomic E-state index is 0.278. The SMILES string of the molecule is CCCCOC(=O)c1cc(CC)c(CC)cc1C(=O)OCC. The summed E-state index contributed by atoms with van der Waals surface area (Å²) in [5.41, 5.74) is 2.75. The maximum Gasteiger partial charge on any atom is 0.339 e. The van der Waals surface area contributed by atoms with Gasteiger partial charge in [-0.3, -0.25) is 0 Å². The minimum atomic E-state index is -0.470. The Hall–Kier alpha value is -1.84. The molecule has 0 aliphatic rings. The van der Waals surface area contributed by atoms with Crippen molar-refractivity contribution in [2.75, 3.05) is 13.2 Å². The van der Waals surface area contributed by atoms with Crippen LogP contribution in [0.25, 0.3) is 0 Å². The van der Waals surface area contributed by atoms with E-state index in [-0.39, 0.29) is 6.61 Å². The van der Waals surface area contributed by atoms with Crippen molar-refractivity contribution in [1.29, 1.82) is 0 Å². The summed E-state index contributed by atoms with van der Waals surface area (Å²) in [6.45, 7) is 8.49. The van der Waals surface area contributed by atoms with Gasteiger partial charge in [-0.2, -0.15) is 0 Å². The molecule has 4 nitrogen and oxygen atoms in total. The van der Waals surface area contributed by atoms with E-state index < -0.39 is 11.9 Å². The third-order valence-corrected chi connectivity index (χ3v) is 3.55. The average Bonchev–Trinajstić information content (AvgIpc) is 2.53. The summed E-state index contributed by atoms with van der Waals surface area (Å²) in [5, 5.41) is 0. The van der Waals surface area contributed by atoms with Crippen molar-refractivity contribution < 1.29 is 19.1 Å². The molecule has 0 spiro atoms. The van der Waals surface area contributed by atoms with E-state index in [9.17, 15) is 9.59 Å². The highest BCUT2D eigenvalue weighted by molar-refractivity contribution is 6.03. The molecule has 1 aromatic carbocycles. The first kappa shape index (κ1) is 18.2. The van der Waals surface area contributed by atoms with Gasteiger partial charge in [0.1, 0.15) is 0 Å². The predicted octanol–water partition coefficient (Wildman–Crippen LogP) is 3.95. The van der Waals surface area contributed by atoms with Gasteiger partial charge in [-0.05, 0) is 49.4 Å². The molecule has 0 fully saturated rings. The van der Waals surface area contributed by atoms with Gasteiger partial charge < -0.3 is 9.47 Å². The van der Waals surface area contributed by atoms with E-state index in [1.165, 1.54) is 0 Å². The van der Waals surface area contributed by atoms with Crippen LogP contribution in [-0.4, -0.2) is 25.2 Å². The smallest absolute Gasteiger partial charge is 0.339 e. The average molecular weight is 306 g/mol. The van der Waals surface area contributed by atoms with Crippen LogP contribution in [0.5, 0.6) is 0 Å². The van der Waals surface area contributed by atoms with E-state index in [2.05, 4.69) is 0 Å². The number of rotatable bonds is 8. The Morgan fingerprint density at radius 1 is 0.864 bits per heavy atom. The topological polar surface area (TPSA) is 52.6 Å². The molecule has 0 aliphatic heterocycles. The molecule has 0 N–H and O–H groups in total. The molecule has 0 amide bonds. The number of unbranched alkanes of at least 4 members (excludes halogenated alkanes) is 1. The number of aryl methyl sites for hydroxylation is 2. The van der Waals surface area contributed by atoms with Crippen molar-refractivity contribution in [2.45, 2.75) is 53.4 Å². The van der Waals surface area contributed by atoms with Crippen LogP contribution in [-0.2, 0) is 22.3 Å². The summed E-state index contributed by atoms with van der Waals surface area (Å²) in [4.78, 5) is 24.4. The van der Waals surface area contributed by atoms with E-state index in [1.54, 1.807) is 19.1 Å². The summed E-state index contributed by atoms with van der Waals surface area (Å²) < 4.78 is 10.3. The molecular formula is C18H26O4. The third kappa shape index (κ3) is 4.58. The van der Waals surface area contributed by atoms with Gasteiger partial charge in [0.2, 0.25) is 0 Å². The summed E-state index contributed by atoms with van der Waals surface area (Å²) >= 11 is 0. The molecule has 0 heterocycles. The molecule has 0 saturated heterocycles. The molecule has 1 rings (SSSR count). The van der Waals surface area contributed by atoms with Crippen LogP contribution in [0.1, 0.15) is 72.4 Å². The molecule has 22 heavy (non-hydrogen) atoms. The zero-order valence-corrected chi connectivity index (χ0v) is 14.0. The molecule has 0 radical (unpaired) electrons. The number of carbonyl (C=O) groups is 2. The van der Waals surface area contributed by atoms with Crippen LogP contribution in [0, 0.1) is 0 Å². The minimum Gasteiger partial charge on any atom is -0.462 e. The van der Waals surface area contributed by atoms with Gasteiger partial charge in [-0.15, -0.1) is 0 Å². The Labute approximate surface area is 132 Å². The van der Waals surface area contributed by atoms with Crippen LogP contribution in [0.15, 0.2) is 12.1 Å². The molecule has 0 atom stereocenters. The lowest BCUT2D eigenvalue weighted by atomic mass is 9.95. The van der Waals surface area contributed by atoms with Crippen molar-refractivity contribution in [2.24, 2.45) is 0 Å². The van der Waals surface area contributed by atoms with E-state index >= 15 is 0 Å². The Morgan fingerprint density at radius 2 is 1.36 bits per heavy atom. The first-order valence-corrected chi connectivity index (χ1v) is 8.08. The van der Waals surface area contributed by atoms with Crippen molar-refractivity contribution in [1.82, 2.24) is 0 Å². The fourth-order valence-electron chi connectivity index (χ4n) is 2.28. The van der Waals surface area contributed by atoms with Gasteiger partial charge in [0.05, 0.1) is 24.3 Å². The molecule has 0 aromatic heterocycles. The first-order chi connectivity index (χ1) is 10.6. The van der Waals surface area contributed by atoms with Crippen LogP contribution < -0.4 is 0 Å². The molecule has 122 valence electrons. The largest absolute Gasteiger partial charge is 0.462 e. The quantitative estimate of drug-likeness (QED) is 0.539. The number of hydrogen-bond donors (Lipinski definition) is 0. The van der Waals surface area contributed by atoms with Gasteiger partial charge in [-0.1, -0.05) is 27.2 Å². The fraction of sp³-hybridized carbons (Fsp3) is 0.556. The van der Waals surface area contributed by atoms with Gasteiger partial charge in [-0.25, -0.2) is 9.59 Å². The zero-order chi connectivity index (χ0) is 16.5. The number of benzene rings is 1. The lowest BCUT2D eigenvalue weighted by Crippen LogP contribution is -2.16. The maximum absolute atomic E-state index is 12.3. The molecular weight excluding hydrogens is 280 g/mol. The Balaban J connectivity index is 3.20. The van der Waals surface area contributed by atoms with Gasteiger partial charge in [0.15, 0.2) is 0 Å². The molecule has 0 aliphatic carbocycles. The number of ether oxygens (including phenoxy) is 2. The van der Waals surface area contributed by atoms with Gasteiger partial charge in [0, 0.05) is 0 Å². The molecule has 4 heteroatoms. The standard InChI is InChI=1S/C18H26O4/c1-5-9-10-22-18(20)16-12-14(7-3)13(6-2)11-15(16)17(19)21-8-4/h11-12H,5-10H2,1-4H3. The zero-order valence-electron chi connectivity index (χ0n) is 14.0.